The summed E-state index contributed by atoms with van der Waals surface area (Å²) in [6.07, 6.45) is 0. The molecular weight excluding hydrogens is 218 g/mol. The molecule has 4 N–H and O–H groups in total. The molecule has 0 aromatic carbocycles. The Morgan fingerprint density at radius 3 is 2.47 bits per heavy atom. The van der Waals surface area contributed by atoms with Crippen molar-refractivity contribution in [3.63, 3.8) is 0 Å². The van der Waals surface area contributed by atoms with Crippen LogP contribution in [0.1, 0.15) is 6.92 Å². The van der Waals surface area contributed by atoms with Gasteiger partial charge in [0.05, 0.1) is 18.1 Å². The highest BCUT2D eigenvalue weighted by atomic mass is 32.1. The molecule has 0 heterocycles. The molecule has 86 valence electrons. The van der Waals surface area contributed by atoms with Gasteiger partial charge in [0.15, 0.2) is 0 Å². The first kappa shape index (κ1) is 13.8. The second-order valence-corrected chi connectivity index (χ2v) is 3.13. The minimum atomic E-state index is -0.751. The van der Waals surface area contributed by atoms with Crippen molar-refractivity contribution in [2.75, 3.05) is 26.3 Å². The summed E-state index contributed by atoms with van der Waals surface area (Å²) in [7, 11) is 0. The molecule has 2 amide bonds. The minimum absolute atomic E-state index is 0.0209. The van der Waals surface area contributed by atoms with Crippen molar-refractivity contribution < 1.29 is 14.3 Å². The van der Waals surface area contributed by atoms with Crippen LogP contribution in [-0.2, 0) is 14.3 Å². The van der Waals surface area contributed by atoms with E-state index in [1.54, 1.807) is 0 Å². The van der Waals surface area contributed by atoms with Gasteiger partial charge in [0.1, 0.15) is 0 Å². The quantitative estimate of drug-likeness (QED) is 0.296. The highest BCUT2D eigenvalue weighted by Gasteiger charge is 2.11. The molecule has 0 aliphatic carbocycles. The fourth-order valence-electron chi connectivity index (χ4n) is 0.709. The average molecular weight is 233 g/mol. The predicted octanol–water partition coefficient (Wildman–Crippen LogP) is -1.46. The zero-order chi connectivity index (χ0) is 11.7. The Hall–Kier alpha value is -1.21. The number of nitrogens with one attached hydrogen (secondary N) is 2. The van der Waals surface area contributed by atoms with Crippen LogP contribution in [0.3, 0.4) is 0 Å². The highest BCUT2D eigenvalue weighted by molar-refractivity contribution is 7.80. The number of hydrogen-bond donors (Lipinski definition) is 3. The summed E-state index contributed by atoms with van der Waals surface area (Å²) in [6, 6.07) is 0. The van der Waals surface area contributed by atoms with E-state index in [1.807, 2.05) is 6.92 Å². The minimum Gasteiger partial charge on any atom is -0.392 e. The molecule has 0 aromatic heterocycles. The van der Waals surface area contributed by atoms with Crippen LogP contribution < -0.4 is 16.4 Å². The smallest absolute Gasteiger partial charge is 0.309 e. The number of amides is 2. The molecule has 0 aliphatic rings. The SMILES string of the molecule is CCOCCNC(=O)C(=O)NCC(N)=S. The molecule has 15 heavy (non-hydrogen) atoms. The molecule has 0 aromatic rings. The monoisotopic (exact) mass is 233 g/mol. The van der Waals surface area contributed by atoms with Crippen LogP contribution in [0.5, 0.6) is 0 Å². The van der Waals surface area contributed by atoms with E-state index in [0.717, 1.165) is 0 Å². The van der Waals surface area contributed by atoms with Gasteiger partial charge in [-0.2, -0.15) is 0 Å². The Labute approximate surface area is 93.5 Å². The zero-order valence-corrected chi connectivity index (χ0v) is 9.36. The summed E-state index contributed by atoms with van der Waals surface area (Å²) in [4.78, 5) is 22.2. The third-order valence-electron chi connectivity index (χ3n) is 1.37. The number of nitrogens with two attached hydrogens (primary N) is 1. The molecule has 0 saturated carbocycles. The molecule has 0 bridgehead atoms. The lowest BCUT2D eigenvalue weighted by Gasteiger charge is -2.05. The fraction of sp³-hybridized carbons (Fsp3) is 0.625. The molecule has 7 heteroatoms. The van der Waals surface area contributed by atoms with Crippen molar-refractivity contribution in [2.45, 2.75) is 6.92 Å². The van der Waals surface area contributed by atoms with Gasteiger partial charge < -0.3 is 21.1 Å². The first-order chi connectivity index (χ1) is 7.07. The summed E-state index contributed by atoms with van der Waals surface area (Å²) in [5, 5.41) is 4.65. The van der Waals surface area contributed by atoms with E-state index in [9.17, 15) is 9.59 Å². The van der Waals surface area contributed by atoms with Crippen LogP contribution in [0.4, 0.5) is 0 Å². The summed E-state index contributed by atoms with van der Waals surface area (Å²) >= 11 is 4.53. The van der Waals surface area contributed by atoms with Gasteiger partial charge in [0, 0.05) is 13.2 Å². The van der Waals surface area contributed by atoms with Crippen LogP contribution in [-0.4, -0.2) is 43.1 Å². The Morgan fingerprint density at radius 2 is 1.93 bits per heavy atom. The van der Waals surface area contributed by atoms with E-state index in [-0.39, 0.29) is 11.5 Å². The number of hydrogen-bond acceptors (Lipinski definition) is 4. The van der Waals surface area contributed by atoms with Crippen LogP contribution >= 0.6 is 12.2 Å². The van der Waals surface area contributed by atoms with Crippen LogP contribution in [0.25, 0.3) is 0 Å². The van der Waals surface area contributed by atoms with E-state index >= 15 is 0 Å². The molecule has 0 unspecified atom stereocenters. The second-order valence-electron chi connectivity index (χ2n) is 2.60. The predicted molar refractivity (Wildman–Crippen MR) is 59.3 cm³/mol. The van der Waals surface area contributed by atoms with Crippen molar-refractivity contribution in [1.82, 2.24) is 10.6 Å². The van der Waals surface area contributed by atoms with E-state index in [2.05, 4.69) is 22.9 Å². The average Bonchev–Trinajstić information content (AvgIpc) is 2.20. The zero-order valence-electron chi connectivity index (χ0n) is 8.54. The first-order valence-corrected chi connectivity index (χ1v) is 4.90. The van der Waals surface area contributed by atoms with E-state index in [0.29, 0.717) is 19.8 Å². The molecule has 0 saturated heterocycles. The van der Waals surface area contributed by atoms with Crippen LogP contribution in [0, 0.1) is 0 Å². The molecule has 6 nitrogen and oxygen atoms in total. The number of rotatable bonds is 6. The van der Waals surface area contributed by atoms with Crippen LogP contribution in [0.2, 0.25) is 0 Å². The number of carbonyl (C=O) groups is 2. The normalized spacial score (nSPS) is 9.40. The summed E-state index contributed by atoms with van der Waals surface area (Å²) in [6.45, 7) is 3.12. The number of carbonyl (C=O) groups excluding carboxylic acids is 2. The van der Waals surface area contributed by atoms with Gasteiger partial charge in [-0.3, -0.25) is 9.59 Å². The van der Waals surface area contributed by atoms with Crippen molar-refractivity contribution in [3.05, 3.63) is 0 Å². The molecule has 0 spiro atoms. The number of thiocarbonyl (C=S) groups is 1. The van der Waals surface area contributed by atoms with Gasteiger partial charge in [0.25, 0.3) is 0 Å². The maximum absolute atomic E-state index is 11.1. The van der Waals surface area contributed by atoms with E-state index in [4.69, 9.17) is 10.5 Å². The first-order valence-electron chi connectivity index (χ1n) is 4.50. The standard InChI is InChI=1S/C8H15N3O3S/c1-2-14-4-3-10-7(12)8(13)11-5-6(9)15/h2-5H2,1H3,(H2,9,15)(H,10,12)(H,11,13). The highest BCUT2D eigenvalue weighted by Crippen LogP contribution is 1.73. The lowest BCUT2D eigenvalue weighted by Crippen LogP contribution is -2.43. The Bertz CT molecular complexity index is 245. The van der Waals surface area contributed by atoms with Gasteiger partial charge in [-0.05, 0) is 6.92 Å². The fourth-order valence-corrected chi connectivity index (χ4v) is 0.781. The summed E-state index contributed by atoms with van der Waals surface area (Å²) in [5.74, 6) is -1.47. The van der Waals surface area contributed by atoms with Gasteiger partial charge >= 0.3 is 11.8 Å². The van der Waals surface area contributed by atoms with Crippen LogP contribution in [0.15, 0.2) is 0 Å². The van der Waals surface area contributed by atoms with Gasteiger partial charge in [-0.15, -0.1) is 0 Å². The Morgan fingerprint density at radius 1 is 1.33 bits per heavy atom. The van der Waals surface area contributed by atoms with Gasteiger partial charge in [-0.25, -0.2) is 0 Å². The summed E-state index contributed by atoms with van der Waals surface area (Å²) in [5.41, 5.74) is 5.15. The number of ether oxygens (including phenoxy) is 1. The summed E-state index contributed by atoms with van der Waals surface area (Å²) < 4.78 is 4.97. The molecule has 0 rings (SSSR count). The maximum atomic E-state index is 11.1. The third-order valence-corrected chi connectivity index (χ3v) is 1.51. The van der Waals surface area contributed by atoms with Crippen molar-refractivity contribution in [2.24, 2.45) is 5.73 Å². The molecule has 0 aliphatic heterocycles. The lowest BCUT2D eigenvalue weighted by molar-refractivity contribution is -0.139. The topological polar surface area (TPSA) is 93.4 Å². The Kier molecular flexibility index (Phi) is 7.47. The van der Waals surface area contributed by atoms with Crippen molar-refractivity contribution >= 4 is 29.0 Å². The molecular formula is C8H15N3O3S. The largest absolute Gasteiger partial charge is 0.392 e. The second kappa shape index (κ2) is 8.13. The van der Waals surface area contributed by atoms with Gasteiger partial charge in [-0.1, -0.05) is 12.2 Å². The molecule has 0 fully saturated rings. The Balaban J connectivity index is 3.60. The third kappa shape index (κ3) is 7.83. The van der Waals surface area contributed by atoms with E-state index < -0.39 is 11.8 Å². The molecule has 0 atom stereocenters. The van der Waals surface area contributed by atoms with Crippen molar-refractivity contribution in [1.29, 1.82) is 0 Å². The lowest BCUT2D eigenvalue weighted by atomic mass is 10.5. The maximum Gasteiger partial charge on any atom is 0.309 e. The van der Waals surface area contributed by atoms with Crippen molar-refractivity contribution in [3.8, 4) is 0 Å². The molecule has 0 radical (unpaired) electrons. The van der Waals surface area contributed by atoms with E-state index in [1.165, 1.54) is 0 Å². The van der Waals surface area contributed by atoms with Gasteiger partial charge in [0.2, 0.25) is 0 Å².